The standard InChI is InChI=1S/2C4H8O.C2H6O2/c2*1-2-4-5-3-1;3-1-2-4/h2*1-4H2;3-4H,1-2H2. The Morgan fingerprint density at radius 1 is 0.643 bits per heavy atom. The van der Waals surface area contributed by atoms with Crippen LogP contribution in [0.15, 0.2) is 0 Å². The largest absolute Gasteiger partial charge is 0.394 e. The molecule has 0 bridgehead atoms. The lowest BCUT2D eigenvalue weighted by atomic mass is 10.4. The maximum Gasteiger partial charge on any atom is 0.0662 e. The van der Waals surface area contributed by atoms with Crippen LogP contribution in [0.2, 0.25) is 0 Å². The van der Waals surface area contributed by atoms with Gasteiger partial charge in [0.05, 0.1) is 13.2 Å². The Labute approximate surface area is 85.8 Å². The Balaban J connectivity index is 0.000000183. The van der Waals surface area contributed by atoms with Gasteiger partial charge in [0.15, 0.2) is 0 Å². The van der Waals surface area contributed by atoms with Crippen molar-refractivity contribution >= 4 is 0 Å². The first-order valence-corrected chi connectivity index (χ1v) is 5.29. The molecular weight excluding hydrogens is 184 g/mol. The average molecular weight is 206 g/mol. The first-order valence-electron chi connectivity index (χ1n) is 5.29. The maximum absolute atomic E-state index is 7.62. The third-order valence-corrected chi connectivity index (χ3v) is 1.75. The van der Waals surface area contributed by atoms with E-state index in [1.165, 1.54) is 25.7 Å². The lowest BCUT2D eigenvalue weighted by molar-refractivity contribution is 0.186. The van der Waals surface area contributed by atoms with E-state index in [2.05, 4.69) is 0 Å². The summed E-state index contributed by atoms with van der Waals surface area (Å²) in [6.07, 6.45) is 5.11. The molecule has 2 N–H and O–H groups in total. The molecule has 2 rings (SSSR count). The van der Waals surface area contributed by atoms with Crippen LogP contribution in [0.4, 0.5) is 0 Å². The predicted octanol–water partition coefficient (Wildman–Crippen LogP) is 0.565. The van der Waals surface area contributed by atoms with Crippen LogP contribution in [-0.2, 0) is 9.47 Å². The number of aliphatic hydroxyl groups is 2. The first-order chi connectivity index (χ1) is 6.91. The second-order valence-electron chi connectivity index (χ2n) is 3.09. The minimum Gasteiger partial charge on any atom is -0.394 e. The summed E-state index contributed by atoms with van der Waals surface area (Å²) in [6.45, 7) is 3.75. The fraction of sp³-hybridized carbons (Fsp3) is 1.00. The van der Waals surface area contributed by atoms with E-state index in [1.807, 2.05) is 0 Å². The summed E-state index contributed by atoms with van der Waals surface area (Å²) < 4.78 is 9.89. The Kier molecular flexibility index (Phi) is 12.7. The molecule has 4 heteroatoms. The Bertz CT molecular complexity index is 62.9. The molecule has 0 unspecified atom stereocenters. The van der Waals surface area contributed by atoms with Crippen molar-refractivity contribution in [1.82, 2.24) is 0 Å². The van der Waals surface area contributed by atoms with Crippen molar-refractivity contribution in [3.63, 3.8) is 0 Å². The smallest absolute Gasteiger partial charge is 0.0662 e. The molecule has 0 aliphatic carbocycles. The minimum atomic E-state index is -0.125. The van der Waals surface area contributed by atoms with Gasteiger partial charge in [-0.2, -0.15) is 0 Å². The molecular formula is C10H22O4. The van der Waals surface area contributed by atoms with Gasteiger partial charge < -0.3 is 19.7 Å². The molecule has 14 heavy (non-hydrogen) atoms. The van der Waals surface area contributed by atoms with E-state index in [-0.39, 0.29) is 13.2 Å². The van der Waals surface area contributed by atoms with Crippen LogP contribution in [0, 0.1) is 0 Å². The van der Waals surface area contributed by atoms with Crippen molar-refractivity contribution < 1.29 is 19.7 Å². The summed E-state index contributed by atoms with van der Waals surface area (Å²) in [5.74, 6) is 0. The van der Waals surface area contributed by atoms with Gasteiger partial charge in [0, 0.05) is 26.4 Å². The number of rotatable bonds is 1. The third-order valence-electron chi connectivity index (χ3n) is 1.75. The monoisotopic (exact) mass is 206 g/mol. The molecule has 4 nitrogen and oxygen atoms in total. The highest BCUT2D eigenvalue weighted by atomic mass is 16.5. The van der Waals surface area contributed by atoms with Gasteiger partial charge >= 0.3 is 0 Å². The molecule has 0 radical (unpaired) electrons. The molecule has 0 spiro atoms. The lowest BCUT2D eigenvalue weighted by Crippen LogP contribution is -1.85. The van der Waals surface area contributed by atoms with E-state index < -0.39 is 0 Å². The van der Waals surface area contributed by atoms with E-state index >= 15 is 0 Å². The maximum atomic E-state index is 7.62. The summed E-state index contributed by atoms with van der Waals surface area (Å²) in [6, 6.07) is 0. The van der Waals surface area contributed by atoms with E-state index in [0.717, 1.165) is 26.4 Å². The summed E-state index contributed by atoms with van der Waals surface area (Å²) in [7, 11) is 0. The van der Waals surface area contributed by atoms with Gasteiger partial charge in [-0.1, -0.05) is 0 Å². The zero-order chi connectivity index (χ0) is 10.5. The second kappa shape index (κ2) is 12.8. The molecule has 0 aromatic rings. The Morgan fingerprint density at radius 2 is 0.929 bits per heavy atom. The van der Waals surface area contributed by atoms with E-state index in [0.29, 0.717) is 0 Å². The number of hydrogen-bond donors (Lipinski definition) is 2. The van der Waals surface area contributed by atoms with E-state index in [1.54, 1.807) is 0 Å². The highest BCUT2D eigenvalue weighted by Gasteiger charge is 1.95. The van der Waals surface area contributed by atoms with Gasteiger partial charge in [0.2, 0.25) is 0 Å². The third kappa shape index (κ3) is 11.8. The van der Waals surface area contributed by atoms with Crippen molar-refractivity contribution in [3.8, 4) is 0 Å². The number of hydrogen-bond acceptors (Lipinski definition) is 4. The van der Waals surface area contributed by atoms with Crippen LogP contribution >= 0.6 is 0 Å². The molecule has 2 aliphatic heterocycles. The Morgan fingerprint density at radius 3 is 1.00 bits per heavy atom. The van der Waals surface area contributed by atoms with Gasteiger partial charge in [-0.15, -0.1) is 0 Å². The normalized spacial score (nSPS) is 19.3. The summed E-state index contributed by atoms with van der Waals surface area (Å²) in [5, 5.41) is 15.2. The van der Waals surface area contributed by atoms with E-state index in [4.69, 9.17) is 19.7 Å². The van der Waals surface area contributed by atoms with Crippen LogP contribution in [0.5, 0.6) is 0 Å². The van der Waals surface area contributed by atoms with E-state index in [9.17, 15) is 0 Å². The molecule has 0 aromatic carbocycles. The molecule has 2 heterocycles. The van der Waals surface area contributed by atoms with Gasteiger partial charge in [-0.25, -0.2) is 0 Å². The van der Waals surface area contributed by atoms with Gasteiger partial charge in [-0.05, 0) is 25.7 Å². The summed E-state index contributed by atoms with van der Waals surface area (Å²) >= 11 is 0. The molecule has 2 aliphatic rings. The van der Waals surface area contributed by atoms with Gasteiger partial charge in [-0.3, -0.25) is 0 Å². The van der Waals surface area contributed by atoms with Crippen LogP contribution in [0.1, 0.15) is 25.7 Å². The lowest BCUT2D eigenvalue weighted by Gasteiger charge is -1.76. The second-order valence-corrected chi connectivity index (χ2v) is 3.09. The number of ether oxygens (including phenoxy) is 2. The van der Waals surface area contributed by atoms with Crippen molar-refractivity contribution in [1.29, 1.82) is 0 Å². The van der Waals surface area contributed by atoms with Crippen LogP contribution in [-0.4, -0.2) is 49.9 Å². The van der Waals surface area contributed by atoms with Crippen molar-refractivity contribution in [3.05, 3.63) is 0 Å². The topological polar surface area (TPSA) is 58.9 Å². The summed E-state index contributed by atoms with van der Waals surface area (Å²) in [4.78, 5) is 0. The SMILES string of the molecule is C1CCOC1.C1CCOC1.OCCO. The fourth-order valence-electron chi connectivity index (χ4n) is 1.02. The molecule has 0 saturated carbocycles. The molecule has 2 fully saturated rings. The Hall–Kier alpha value is -0.160. The molecule has 0 amide bonds. The molecule has 0 aromatic heterocycles. The zero-order valence-electron chi connectivity index (χ0n) is 8.78. The molecule has 86 valence electrons. The van der Waals surface area contributed by atoms with Crippen molar-refractivity contribution in [2.24, 2.45) is 0 Å². The van der Waals surface area contributed by atoms with Crippen LogP contribution in [0.25, 0.3) is 0 Å². The average Bonchev–Trinajstić information content (AvgIpc) is 2.94. The minimum absolute atomic E-state index is 0.125. The summed E-state index contributed by atoms with van der Waals surface area (Å²) in [5.41, 5.74) is 0. The highest BCUT2D eigenvalue weighted by molar-refractivity contribution is 4.44. The molecule has 0 atom stereocenters. The quantitative estimate of drug-likeness (QED) is 0.658. The highest BCUT2D eigenvalue weighted by Crippen LogP contribution is 1.98. The zero-order valence-corrected chi connectivity index (χ0v) is 8.78. The molecule has 2 saturated heterocycles. The van der Waals surface area contributed by atoms with Gasteiger partial charge in [0.25, 0.3) is 0 Å². The predicted molar refractivity (Wildman–Crippen MR) is 54.3 cm³/mol. The fourth-order valence-corrected chi connectivity index (χ4v) is 1.02. The van der Waals surface area contributed by atoms with Crippen molar-refractivity contribution in [2.75, 3.05) is 39.6 Å². The van der Waals surface area contributed by atoms with Gasteiger partial charge in [0.1, 0.15) is 0 Å². The number of aliphatic hydroxyl groups excluding tert-OH is 2. The first kappa shape index (κ1) is 13.8. The van der Waals surface area contributed by atoms with Crippen LogP contribution < -0.4 is 0 Å². The van der Waals surface area contributed by atoms with Crippen molar-refractivity contribution in [2.45, 2.75) is 25.7 Å². The van der Waals surface area contributed by atoms with Crippen LogP contribution in [0.3, 0.4) is 0 Å².